The first kappa shape index (κ1) is 20.6. The van der Waals surface area contributed by atoms with Crippen molar-refractivity contribution in [1.82, 2.24) is 9.80 Å². The first-order valence-corrected chi connectivity index (χ1v) is 9.84. The lowest BCUT2D eigenvalue weighted by atomic mass is 9.95. The first-order valence-electron chi connectivity index (χ1n) is 9.09. The molecule has 0 bridgehead atoms. The Morgan fingerprint density at radius 3 is 2.54 bits per heavy atom. The molecule has 1 atom stereocenters. The summed E-state index contributed by atoms with van der Waals surface area (Å²) in [6, 6.07) is 10.9. The molecule has 0 saturated carbocycles. The third-order valence-electron chi connectivity index (χ3n) is 4.93. The number of piperidine rings is 1. The summed E-state index contributed by atoms with van der Waals surface area (Å²) >= 11 is 11.9. The van der Waals surface area contributed by atoms with Gasteiger partial charge in [0.2, 0.25) is 5.91 Å². The van der Waals surface area contributed by atoms with Crippen molar-refractivity contribution in [2.75, 3.05) is 20.1 Å². The van der Waals surface area contributed by atoms with Gasteiger partial charge in [-0.3, -0.25) is 9.59 Å². The highest BCUT2D eigenvalue weighted by Gasteiger charge is 2.30. The molecular weight excluding hydrogens is 402 g/mol. The summed E-state index contributed by atoms with van der Waals surface area (Å²) in [7, 11) is 1.73. The molecule has 4 nitrogen and oxygen atoms in total. The molecule has 1 saturated heterocycles. The summed E-state index contributed by atoms with van der Waals surface area (Å²) in [6.07, 6.45) is 1.49. The molecular formula is C21H21Cl2FN2O2. The first-order chi connectivity index (χ1) is 13.3. The van der Waals surface area contributed by atoms with Crippen LogP contribution in [0, 0.1) is 11.7 Å². The second-order valence-electron chi connectivity index (χ2n) is 7.04. The van der Waals surface area contributed by atoms with E-state index in [4.69, 9.17) is 23.2 Å². The molecule has 2 amide bonds. The number of carbonyl (C=O) groups excluding carboxylic acids is 2. The van der Waals surface area contributed by atoms with Gasteiger partial charge >= 0.3 is 0 Å². The van der Waals surface area contributed by atoms with Crippen molar-refractivity contribution < 1.29 is 14.0 Å². The Labute approximate surface area is 173 Å². The maximum atomic E-state index is 13.0. The van der Waals surface area contributed by atoms with Crippen LogP contribution in [0.25, 0.3) is 0 Å². The molecule has 2 aromatic rings. The molecule has 148 valence electrons. The van der Waals surface area contributed by atoms with Crippen molar-refractivity contribution in [3.8, 4) is 0 Å². The van der Waals surface area contributed by atoms with Crippen LogP contribution < -0.4 is 0 Å². The molecule has 1 heterocycles. The van der Waals surface area contributed by atoms with E-state index in [0.717, 1.165) is 18.4 Å². The van der Waals surface area contributed by atoms with Gasteiger partial charge in [-0.1, -0.05) is 35.3 Å². The summed E-state index contributed by atoms with van der Waals surface area (Å²) < 4.78 is 13.0. The van der Waals surface area contributed by atoms with Crippen LogP contribution in [0.4, 0.5) is 4.39 Å². The van der Waals surface area contributed by atoms with Gasteiger partial charge < -0.3 is 9.80 Å². The largest absolute Gasteiger partial charge is 0.341 e. The van der Waals surface area contributed by atoms with Gasteiger partial charge in [0.15, 0.2) is 0 Å². The van der Waals surface area contributed by atoms with E-state index in [1.807, 2.05) is 0 Å². The number of nitrogens with zero attached hydrogens (tertiary/aromatic N) is 2. The summed E-state index contributed by atoms with van der Waals surface area (Å²) in [5.41, 5.74) is 1.32. The number of rotatable bonds is 4. The number of benzene rings is 2. The van der Waals surface area contributed by atoms with Crippen LogP contribution in [0.5, 0.6) is 0 Å². The Bertz CT molecular complexity index is 873. The topological polar surface area (TPSA) is 40.6 Å². The second kappa shape index (κ2) is 8.93. The number of amides is 2. The molecule has 1 fully saturated rings. The highest BCUT2D eigenvalue weighted by atomic mass is 35.5. The summed E-state index contributed by atoms with van der Waals surface area (Å²) in [4.78, 5) is 29.0. The summed E-state index contributed by atoms with van der Waals surface area (Å²) in [5, 5.41) is 0.725. The molecule has 1 unspecified atom stereocenters. The van der Waals surface area contributed by atoms with Crippen LogP contribution in [-0.2, 0) is 11.3 Å². The van der Waals surface area contributed by atoms with Crippen LogP contribution in [0.1, 0.15) is 28.8 Å². The van der Waals surface area contributed by atoms with Crippen molar-refractivity contribution in [2.45, 2.75) is 19.4 Å². The predicted octanol–water partition coefficient (Wildman–Crippen LogP) is 4.64. The lowest BCUT2D eigenvalue weighted by Crippen LogP contribution is -2.45. The van der Waals surface area contributed by atoms with Crippen molar-refractivity contribution in [3.63, 3.8) is 0 Å². The molecule has 0 aliphatic carbocycles. The average molecular weight is 423 g/mol. The van der Waals surface area contributed by atoms with Gasteiger partial charge in [-0.05, 0) is 48.7 Å². The lowest BCUT2D eigenvalue weighted by molar-refractivity contribution is -0.136. The number of hydrogen-bond donors (Lipinski definition) is 0. The molecule has 0 radical (unpaired) electrons. The van der Waals surface area contributed by atoms with Gasteiger partial charge in [0.1, 0.15) is 5.82 Å². The van der Waals surface area contributed by atoms with Crippen molar-refractivity contribution in [2.24, 2.45) is 5.92 Å². The summed E-state index contributed by atoms with van der Waals surface area (Å²) in [5.74, 6) is -0.736. The zero-order valence-corrected chi connectivity index (χ0v) is 17.0. The van der Waals surface area contributed by atoms with E-state index in [9.17, 15) is 14.0 Å². The maximum Gasteiger partial charge on any atom is 0.253 e. The van der Waals surface area contributed by atoms with Crippen molar-refractivity contribution in [3.05, 3.63) is 69.5 Å². The normalized spacial score (nSPS) is 16.7. The van der Waals surface area contributed by atoms with Gasteiger partial charge in [-0.2, -0.15) is 0 Å². The zero-order valence-electron chi connectivity index (χ0n) is 15.5. The molecule has 3 rings (SSSR count). The fourth-order valence-corrected chi connectivity index (χ4v) is 3.73. The van der Waals surface area contributed by atoms with Gasteiger partial charge in [0, 0.05) is 32.2 Å². The van der Waals surface area contributed by atoms with E-state index >= 15 is 0 Å². The molecule has 0 aromatic heterocycles. The molecule has 2 aromatic carbocycles. The Hall–Kier alpha value is -2.11. The van der Waals surface area contributed by atoms with E-state index in [0.29, 0.717) is 35.2 Å². The number of likely N-dealkylation sites (tertiary alicyclic amines) is 1. The highest BCUT2D eigenvalue weighted by Crippen LogP contribution is 2.25. The number of hydrogen-bond acceptors (Lipinski definition) is 2. The molecule has 1 aliphatic heterocycles. The maximum absolute atomic E-state index is 13.0. The van der Waals surface area contributed by atoms with Crippen molar-refractivity contribution >= 4 is 35.0 Å². The fraction of sp³-hybridized carbons (Fsp3) is 0.333. The van der Waals surface area contributed by atoms with E-state index in [2.05, 4.69) is 0 Å². The molecule has 28 heavy (non-hydrogen) atoms. The monoisotopic (exact) mass is 422 g/mol. The smallest absolute Gasteiger partial charge is 0.253 e. The third kappa shape index (κ3) is 4.83. The molecule has 7 heteroatoms. The van der Waals surface area contributed by atoms with E-state index in [1.165, 1.54) is 12.1 Å². The highest BCUT2D eigenvalue weighted by molar-refractivity contribution is 6.42. The van der Waals surface area contributed by atoms with Gasteiger partial charge in [-0.25, -0.2) is 4.39 Å². The van der Waals surface area contributed by atoms with Gasteiger partial charge in [0.25, 0.3) is 5.91 Å². The average Bonchev–Trinajstić information content (AvgIpc) is 2.70. The third-order valence-corrected chi connectivity index (χ3v) is 5.67. The quantitative estimate of drug-likeness (QED) is 0.719. The summed E-state index contributed by atoms with van der Waals surface area (Å²) in [6.45, 7) is 1.37. The molecule has 0 N–H and O–H groups in total. The minimum Gasteiger partial charge on any atom is -0.341 e. The second-order valence-corrected chi connectivity index (χ2v) is 7.85. The minimum atomic E-state index is -0.304. The molecule has 1 aliphatic rings. The number of carbonyl (C=O) groups is 2. The fourth-order valence-electron chi connectivity index (χ4n) is 3.43. The van der Waals surface area contributed by atoms with E-state index in [1.54, 1.807) is 47.2 Å². The number of halogens is 3. The van der Waals surface area contributed by atoms with Crippen molar-refractivity contribution in [1.29, 1.82) is 0 Å². The van der Waals surface area contributed by atoms with Gasteiger partial charge in [0.05, 0.1) is 16.0 Å². The lowest BCUT2D eigenvalue weighted by Gasteiger charge is -2.34. The SMILES string of the molecule is CN(Cc1ccc(F)cc1)C(=O)C1CCCN(C(=O)c2ccc(Cl)c(Cl)c2)C1. The van der Waals surface area contributed by atoms with Crippen LogP contribution in [-0.4, -0.2) is 41.8 Å². The van der Waals surface area contributed by atoms with Crippen LogP contribution in [0.2, 0.25) is 10.0 Å². The molecule has 0 spiro atoms. The Balaban J connectivity index is 1.64. The van der Waals surface area contributed by atoms with Crippen LogP contribution in [0.15, 0.2) is 42.5 Å². The minimum absolute atomic E-state index is 0.0176. The zero-order chi connectivity index (χ0) is 20.3. The standard InChI is InChI=1S/C21H21Cl2FN2O2/c1-25(12-14-4-7-17(24)8-5-14)20(27)16-3-2-10-26(13-16)21(28)15-6-9-18(22)19(23)11-15/h4-9,11,16H,2-3,10,12-13H2,1H3. The Morgan fingerprint density at radius 2 is 1.86 bits per heavy atom. The van der Waals surface area contributed by atoms with Crippen LogP contribution >= 0.6 is 23.2 Å². The van der Waals surface area contributed by atoms with E-state index in [-0.39, 0.29) is 23.5 Å². The predicted molar refractivity (Wildman–Crippen MR) is 108 cm³/mol. The Morgan fingerprint density at radius 1 is 1.14 bits per heavy atom. The Kier molecular flexibility index (Phi) is 6.57. The van der Waals surface area contributed by atoms with Gasteiger partial charge in [-0.15, -0.1) is 0 Å². The van der Waals surface area contributed by atoms with E-state index < -0.39 is 0 Å². The van der Waals surface area contributed by atoms with Crippen LogP contribution in [0.3, 0.4) is 0 Å².